The SMILES string of the molecule is COc1ccc(/C(C)=C/C(=O)NCC(O)c2ccsc2)cc1. The first-order valence-corrected chi connectivity index (χ1v) is 7.85. The van der Waals surface area contributed by atoms with Gasteiger partial charge in [-0.2, -0.15) is 11.3 Å². The van der Waals surface area contributed by atoms with Gasteiger partial charge in [0.15, 0.2) is 0 Å². The second-order valence-electron chi connectivity index (χ2n) is 4.87. The minimum Gasteiger partial charge on any atom is -0.497 e. The van der Waals surface area contributed by atoms with Crippen LogP contribution in [0.1, 0.15) is 24.2 Å². The van der Waals surface area contributed by atoms with Crippen molar-refractivity contribution in [3.8, 4) is 5.75 Å². The highest BCUT2D eigenvalue weighted by Crippen LogP contribution is 2.18. The van der Waals surface area contributed by atoms with E-state index >= 15 is 0 Å². The minimum absolute atomic E-state index is 0.196. The molecule has 1 amide bonds. The quantitative estimate of drug-likeness (QED) is 0.805. The maximum Gasteiger partial charge on any atom is 0.244 e. The molecule has 1 aromatic heterocycles. The largest absolute Gasteiger partial charge is 0.497 e. The maximum atomic E-state index is 11.9. The van der Waals surface area contributed by atoms with E-state index in [4.69, 9.17) is 4.74 Å². The highest BCUT2D eigenvalue weighted by molar-refractivity contribution is 7.07. The third-order valence-corrected chi connectivity index (χ3v) is 3.99. The summed E-state index contributed by atoms with van der Waals surface area (Å²) in [5, 5.41) is 16.4. The molecule has 0 aliphatic rings. The number of aliphatic hydroxyl groups excluding tert-OH is 1. The third kappa shape index (κ3) is 4.44. The summed E-state index contributed by atoms with van der Waals surface area (Å²) in [6.45, 7) is 2.07. The van der Waals surface area contributed by atoms with Gasteiger partial charge in [0.1, 0.15) is 5.75 Å². The molecule has 1 aromatic carbocycles. The monoisotopic (exact) mass is 317 g/mol. The third-order valence-electron chi connectivity index (χ3n) is 3.29. The Morgan fingerprint density at radius 3 is 2.68 bits per heavy atom. The number of rotatable bonds is 6. The number of nitrogens with one attached hydrogen (secondary N) is 1. The van der Waals surface area contributed by atoms with Crippen molar-refractivity contribution in [1.82, 2.24) is 5.32 Å². The molecule has 2 aromatic rings. The molecule has 0 saturated heterocycles. The van der Waals surface area contributed by atoms with Gasteiger partial charge in [-0.15, -0.1) is 0 Å². The Kier molecular flexibility index (Phi) is 5.75. The first kappa shape index (κ1) is 16.3. The van der Waals surface area contributed by atoms with E-state index in [0.29, 0.717) is 0 Å². The summed E-state index contributed by atoms with van der Waals surface area (Å²) in [5.41, 5.74) is 2.63. The van der Waals surface area contributed by atoms with Crippen LogP contribution in [0.2, 0.25) is 0 Å². The lowest BCUT2D eigenvalue weighted by Gasteiger charge is -2.09. The molecule has 0 radical (unpaired) electrons. The Bertz CT molecular complexity index is 632. The van der Waals surface area contributed by atoms with Crippen LogP contribution in [0.3, 0.4) is 0 Å². The van der Waals surface area contributed by atoms with Gasteiger partial charge in [-0.1, -0.05) is 12.1 Å². The van der Waals surface area contributed by atoms with Crippen LogP contribution >= 0.6 is 11.3 Å². The number of methoxy groups -OCH3 is 1. The zero-order valence-electron chi connectivity index (χ0n) is 12.6. The van der Waals surface area contributed by atoms with Gasteiger partial charge in [0, 0.05) is 12.6 Å². The Morgan fingerprint density at radius 1 is 1.36 bits per heavy atom. The molecule has 5 heteroatoms. The van der Waals surface area contributed by atoms with Crippen molar-refractivity contribution in [3.63, 3.8) is 0 Å². The van der Waals surface area contributed by atoms with Crippen molar-refractivity contribution in [1.29, 1.82) is 0 Å². The molecule has 0 bridgehead atoms. The molecule has 2 N–H and O–H groups in total. The summed E-state index contributed by atoms with van der Waals surface area (Å²) in [4.78, 5) is 11.9. The van der Waals surface area contributed by atoms with E-state index in [1.807, 2.05) is 48.0 Å². The number of hydrogen-bond acceptors (Lipinski definition) is 4. The maximum absolute atomic E-state index is 11.9. The van der Waals surface area contributed by atoms with Crippen molar-refractivity contribution >= 4 is 22.8 Å². The number of aliphatic hydroxyl groups is 1. The smallest absolute Gasteiger partial charge is 0.244 e. The molecule has 0 fully saturated rings. The number of hydrogen-bond donors (Lipinski definition) is 2. The van der Waals surface area contributed by atoms with Gasteiger partial charge >= 0.3 is 0 Å². The first-order chi connectivity index (χ1) is 10.6. The van der Waals surface area contributed by atoms with Crippen LogP contribution in [0.5, 0.6) is 5.75 Å². The van der Waals surface area contributed by atoms with Gasteiger partial charge in [0.05, 0.1) is 13.2 Å². The van der Waals surface area contributed by atoms with Gasteiger partial charge in [0.2, 0.25) is 5.91 Å². The van der Waals surface area contributed by atoms with E-state index < -0.39 is 6.10 Å². The highest BCUT2D eigenvalue weighted by Gasteiger charge is 2.09. The number of carbonyl (C=O) groups excluding carboxylic acids is 1. The molecule has 0 aliphatic carbocycles. The fourth-order valence-corrected chi connectivity index (χ4v) is 2.67. The van der Waals surface area contributed by atoms with E-state index in [1.165, 1.54) is 17.4 Å². The molecule has 2 rings (SSSR count). The van der Waals surface area contributed by atoms with E-state index in [0.717, 1.165) is 22.4 Å². The summed E-state index contributed by atoms with van der Waals surface area (Å²) < 4.78 is 5.10. The molecule has 0 saturated carbocycles. The lowest BCUT2D eigenvalue weighted by Crippen LogP contribution is -2.26. The number of carbonyl (C=O) groups is 1. The molecule has 116 valence electrons. The Labute approximate surface area is 134 Å². The van der Waals surface area contributed by atoms with Crippen LogP contribution in [0, 0.1) is 0 Å². The number of thiophene rings is 1. The Hall–Kier alpha value is -2.11. The molecular formula is C17H19NO3S. The fraction of sp³-hybridized carbons (Fsp3) is 0.235. The second kappa shape index (κ2) is 7.77. The van der Waals surface area contributed by atoms with E-state index in [-0.39, 0.29) is 12.5 Å². The van der Waals surface area contributed by atoms with Crippen LogP contribution in [-0.4, -0.2) is 24.7 Å². The van der Waals surface area contributed by atoms with E-state index in [1.54, 1.807) is 7.11 Å². The average Bonchev–Trinajstić information content (AvgIpc) is 3.07. The fourth-order valence-electron chi connectivity index (χ4n) is 1.96. The lowest BCUT2D eigenvalue weighted by atomic mass is 10.1. The van der Waals surface area contributed by atoms with Crippen molar-refractivity contribution in [3.05, 3.63) is 58.3 Å². The molecule has 1 heterocycles. The van der Waals surface area contributed by atoms with Crippen LogP contribution in [0.15, 0.2) is 47.2 Å². The molecule has 22 heavy (non-hydrogen) atoms. The van der Waals surface area contributed by atoms with Crippen LogP contribution in [0.25, 0.3) is 5.57 Å². The summed E-state index contributed by atoms with van der Waals surface area (Å²) in [5.74, 6) is 0.558. The zero-order chi connectivity index (χ0) is 15.9. The van der Waals surface area contributed by atoms with E-state index in [2.05, 4.69) is 5.32 Å². The minimum atomic E-state index is -0.676. The summed E-state index contributed by atoms with van der Waals surface area (Å²) >= 11 is 1.52. The molecule has 1 atom stereocenters. The van der Waals surface area contributed by atoms with Crippen molar-refractivity contribution < 1.29 is 14.6 Å². The molecule has 0 aliphatic heterocycles. The van der Waals surface area contributed by atoms with Crippen LogP contribution < -0.4 is 10.1 Å². The van der Waals surface area contributed by atoms with Crippen LogP contribution in [-0.2, 0) is 4.79 Å². The van der Waals surface area contributed by atoms with Crippen molar-refractivity contribution in [2.45, 2.75) is 13.0 Å². The standard InChI is InChI=1S/C17H19NO3S/c1-12(13-3-5-15(21-2)6-4-13)9-17(20)18-10-16(19)14-7-8-22-11-14/h3-9,11,16,19H,10H2,1-2H3,(H,18,20)/b12-9+. The summed E-state index contributed by atoms with van der Waals surface area (Å²) in [7, 11) is 1.62. The molecule has 4 nitrogen and oxygen atoms in total. The van der Waals surface area contributed by atoms with Gasteiger partial charge < -0.3 is 15.2 Å². The molecule has 0 spiro atoms. The first-order valence-electron chi connectivity index (χ1n) is 6.91. The number of benzene rings is 1. The van der Waals surface area contributed by atoms with E-state index in [9.17, 15) is 9.90 Å². The topological polar surface area (TPSA) is 58.6 Å². The van der Waals surface area contributed by atoms with Gasteiger partial charge in [-0.25, -0.2) is 0 Å². The number of amides is 1. The molecule has 1 unspecified atom stereocenters. The van der Waals surface area contributed by atoms with Gasteiger partial charge in [-0.05, 0) is 52.6 Å². The second-order valence-corrected chi connectivity index (χ2v) is 5.65. The number of allylic oxidation sites excluding steroid dienone is 1. The zero-order valence-corrected chi connectivity index (χ0v) is 13.4. The van der Waals surface area contributed by atoms with Crippen molar-refractivity contribution in [2.24, 2.45) is 0 Å². The Balaban J connectivity index is 1.91. The number of ether oxygens (including phenoxy) is 1. The average molecular weight is 317 g/mol. The lowest BCUT2D eigenvalue weighted by molar-refractivity contribution is -0.116. The van der Waals surface area contributed by atoms with Gasteiger partial charge in [0.25, 0.3) is 0 Å². The Morgan fingerprint density at radius 2 is 2.09 bits per heavy atom. The predicted molar refractivity (Wildman–Crippen MR) is 88.9 cm³/mol. The normalized spacial score (nSPS) is 12.8. The summed E-state index contributed by atoms with van der Waals surface area (Å²) in [6.07, 6.45) is 0.854. The summed E-state index contributed by atoms with van der Waals surface area (Å²) in [6, 6.07) is 9.35. The molecular weight excluding hydrogens is 298 g/mol. The predicted octanol–water partition coefficient (Wildman–Crippen LogP) is 3.01. The highest BCUT2D eigenvalue weighted by atomic mass is 32.1. The van der Waals surface area contributed by atoms with Crippen LogP contribution in [0.4, 0.5) is 0 Å². The van der Waals surface area contributed by atoms with Gasteiger partial charge in [-0.3, -0.25) is 4.79 Å². The van der Waals surface area contributed by atoms with Crippen molar-refractivity contribution in [2.75, 3.05) is 13.7 Å².